The normalized spacial score (nSPS) is 14.6. The van der Waals surface area contributed by atoms with E-state index in [0.717, 1.165) is 18.9 Å². The maximum atomic E-state index is 10.6. The van der Waals surface area contributed by atoms with Crippen molar-refractivity contribution in [3.63, 3.8) is 0 Å². The van der Waals surface area contributed by atoms with Crippen LogP contribution >= 0.6 is 0 Å². The molecule has 0 atom stereocenters. The van der Waals surface area contributed by atoms with E-state index < -0.39 is 4.92 Å². The number of anilines is 2. The van der Waals surface area contributed by atoms with Crippen LogP contribution in [-0.4, -0.2) is 16.5 Å². The van der Waals surface area contributed by atoms with Crippen LogP contribution in [0.5, 0.6) is 0 Å². The summed E-state index contributed by atoms with van der Waals surface area (Å²) in [6.07, 6.45) is 4.98. The molecular formula is C11H16N4O2. The number of hydrogen-bond acceptors (Lipinski definition) is 5. The molecule has 0 amide bonds. The van der Waals surface area contributed by atoms with Crippen LogP contribution in [0.1, 0.15) is 25.7 Å². The highest BCUT2D eigenvalue weighted by Crippen LogP contribution is 2.33. The molecule has 0 saturated heterocycles. The number of nitro groups is 1. The third-order valence-corrected chi connectivity index (χ3v) is 2.83. The van der Waals surface area contributed by atoms with Gasteiger partial charge in [-0.3, -0.25) is 10.1 Å². The van der Waals surface area contributed by atoms with E-state index in [1.165, 1.54) is 31.4 Å². The molecule has 0 bridgehead atoms. The van der Waals surface area contributed by atoms with E-state index in [1.54, 1.807) is 0 Å². The molecule has 92 valence electrons. The first-order valence-corrected chi connectivity index (χ1v) is 5.81. The van der Waals surface area contributed by atoms with Crippen molar-refractivity contribution in [2.45, 2.75) is 25.7 Å². The molecule has 1 aliphatic rings. The van der Waals surface area contributed by atoms with E-state index in [9.17, 15) is 10.1 Å². The van der Waals surface area contributed by atoms with E-state index in [1.807, 2.05) is 0 Å². The van der Waals surface area contributed by atoms with Crippen LogP contribution < -0.4 is 11.1 Å². The van der Waals surface area contributed by atoms with Crippen molar-refractivity contribution in [3.05, 3.63) is 22.2 Å². The number of hydrogen-bond donors (Lipinski definition) is 2. The molecule has 2 rings (SSSR count). The summed E-state index contributed by atoms with van der Waals surface area (Å²) < 4.78 is 0. The molecule has 0 radical (unpaired) electrons. The van der Waals surface area contributed by atoms with Gasteiger partial charge >= 0.3 is 0 Å². The molecule has 17 heavy (non-hydrogen) atoms. The molecule has 0 aliphatic heterocycles. The maximum Gasteiger partial charge on any atom is 0.276 e. The molecule has 0 aromatic carbocycles. The van der Waals surface area contributed by atoms with Gasteiger partial charge in [0.05, 0.1) is 17.1 Å². The van der Waals surface area contributed by atoms with Gasteiger partial charge in [-0.25, -0.2) is 4.98 Å². The van der Waals surface area contributed by atoms with Crippen molar-refractivity contribution in [2.75, 3.05) is 17.6 Å². The number of aromatic nitrogens is 1. The molecule has 6 heteroatoms. The SMILES string of the molecule is Nc1cc([N+](=O)[O-])cc(NCCCC2CC2)n1. The maximum absolute atomic E-state index is 10.6. The smallest absolute Gasteiger partial charge is 0.276 e. The first-order chi connectivity index (χ1) is 8.15. The summed E-state index contributed by atoms with van der Waals surface area (Å²) in [5.74, 6) is 1.55. The van der Waals surface area contributed by atoms with Crippen LogP contribution in [0.25, 0.3) is 0 Å². The highest BCUT2D eigenvalue weighted by atomic mass is 16.6. The quantitative estimate of drug-likeness (QED) is 0.448. The van der Waals surface area contributed by atoms with Crippen LogP contribution in [0.3, 0.4) is 0 Å². The lowest BCUT2D eigenvalue weighted by atomic mass is 10.2. The zero-order valence-electron chi connectivity index (χ0n) is 9.56. The van der Waals surface area contributed by atoms with Gasteiger partial charge in [-0.15, -0.1) is 0 Å². The lowest BCUT2D eigenvalue weighted by Crippen LogP contribution is -2.05. The second kappa shape index (κ2) is 4.99. The summed E-state index contributed by atoms with van der Waals surface area (Å²) in [5, 5.41) is 13.7. The van der Waals surface area contributed by atoms with Gasteiger partial charge in [0, 0.05) is 6.54 Å². The number of nitrogens with zero attached hydrogens (tertiary/aromatic N) is 2. The third kappa shape index (κ3) is 3.58. The van der Waals surface area contributed by atoms with Gasteiger partial charge < -0.3 is 11.1 Å². The Labute approximate surface area is 99.4 Å². The fraction of sp³-hybridized carbons (Fsp3) is 0.545. The Morgan fingerprint density at radius 2 is 2.29 bits per heavy atom. The molecule has 1 heterocycles. The monoisotopic (exact) mass is 236 g/mol. The van der Waals surface area contributed by atoms with E-state index in [0.29, 0.717) is 5.82 Å². The second-order valence-corrected chi connectivity index (χ2v) is 4.40. The third-order valence-electron chi connectivity index (χ3n) is 2.83. The van der Waals surface area contributed by atoms with Gasteiger partial charge in [-0.05, 0) is 18.8 Å². The van der Waals surface area contributed by atoms with Gasteiger partial charge in [-0.1, -0.05) is 12.8 Å². The fourth-order valence-corrected chi connectivity index (χ4v) is 1.75. The molecule has 6 nitrogen and oxygen atoms in total. The number of nitrogens with two attached hydrogens (primary N) is 1. The Morgan fingerprint density at radius 1 is 1.53 bits per heavy atom. The number of nitrogens with one attached hydrogen (secondary N) is 1. The minimum atomic E-state index is -0.465. The molecule has 3 N–H and O–H groups in total. The van der Waals surface area contributed by atoms with Crippen LogP contribution in [-0.2, 0) is 0 Å². The average molecular weight is 236 g/mol. The van der Waals surface area contributed by atoms with Crippen LogP contribution in [0.4, 0.5) is 17.3 Å². The number of nitrogen functional groups attached to an aromatic ring is 1. The lowest BCUT2D eigenvalue weighted by molar-refractivity contribution is -0.384. The standard InChI is InChI=1S/C11H16N4O2/c12-10-6-9(15(16)17)7-11(14-10)13-5-1-2-8-3-4-8/h6-8H,1-5H2,(H3,12,13,14). The van der Waals surface area contributed by atoms with Crippen molar-refractivity contribution < 1.29 is 4.92 Å². The summed E-state index contributed by atoms with van der Waals surface area (Å²) in [6.45, 7) is 0.782. The Bertz CT molecular complexity index is 418. The molecular weight excluding hydrogens is 220 g/mol. The highest BCUT2D eigenvalue weighted by Gasteiger charge is 2.20. The van der Waals surface area contributed by atoms with E-state index in [4.69, 9.17) is 5.73 Å². The zero-order chi connectivity index (χ0) is 12.3. The fourth-order valence-electron chi connectivity index (χ4n) is 1.75. The molecule has 1 aliphatic carbocycles. The number of rotatable bonds is 6. The van der Waals surface area contributed by atoms with Crippen molar-refractivity contribution >= 4 is 17.3 Å². The lowest BCUT2D eigenvalue weighted by Gasteiger charge is -2.05. The first kappa shape index (κ1) is 11.6. The predicted molar refractivity (Wildman–Crippen MR) is 65.8 cm³/mol. The minimum absolute atomic E-state index is 0.0257. The summed E-state index contributed by atoms with van der Waals surface area (Å²) in [6, 6.07) is 2.67. The van der Waals surface area contributed by atoms with Crippen LogP contribution in [0, 0.1) is 16.0 Å². The van der Waals surface area contributed by atoms with Crippen LogP contribution in [0.2, 0.25) is 0 Å². The van der Waals surface area contributed by atoms with E-state index in [-0.39, 0.29) is 11.5 Å². The van der Waals surface area contributed by atoms with Crippen molar-refractivity contribution in [3.8, 4) is 0 Å². The summed E-state index contributed by atoms with van der Waals surface area (Å²) in [4.78, 5) is 14.2. The minimum Gasteiger partial charge on any atom is -0.383 e. The molecule has 1 aromatic heterocycles. The molecule has 1 aromatic rings. The van der Waals surface area contributed by atoms with Crippen molar-refractivity contribution in [1.29, 1.82) is 0 Å². The predicted octanol–water partition coefficient (Wildman–Crippen LogP) is 2.17. The summed E-state index contributed by atoms with van der Waals surface area (Å²) in [7, 11) is 0. The van der Waals surface area contributed by atoms with E-state index in [2.05, 4.69) is 10.3 Å². The summed E-state index contributed by atoms with van der Waals surface area (Å²) in [5.41, 5.74) is 5.48. The zero-order valence-corrected chi connectivity index (χ0v) is 9.56. The summed E-state index contributed by atoms with van der Waals surface area (Å²) >= 11 is 0. The Balaban J connectivity index is 1.87. The Hall–Kier alpha value is -1.85. The largest absolute Gasteiger partial charge is 0.383 e. The Kier molecular flexibility index (Phi) is 3.41. The topological polar surface area (TPSA) is 94.1 Å². The second-order valence-electron chi connectivity index (χ2n) is 4.40. The highest BCUT2D eigenvalue weighted by molar-refractivity contribution is 5.52. The molecule has 1 saturated carbocycles. The van der Waals surface area contributed by atoms with Gasteiger partial charge in [0.2, 0.25) is 0 Å². The molecule has 0 unspecified atom stereocenters. The van der Waals surface area contributed by atoms with Crippen LogP contribution in [0.15, 0.2) is 12.1 Å². The Morgan fingerprint density at radius 3 is 2.94 bits per heavy atom. The number of pyridine rings is 1. The molecule has 0 spiro atoms. The first-order valence-electron chi connectivity index (χ1n) is 5.81. The van der Waals surface area contributed by atoms with E-state index >= 15 is 0 Å². The van der Waals surface area contributed by atoms with Gasteiger partial charge in [-0.2, -0.15) is 0 Å². The van der Waals surface area contributed by atoms with Gasteiger partial charge in [0.15, 0.2) is 0 Å². The average Bonchev–Trinajstić information content (AvgIpc) is 3.07. The molecule has 1 fully saturated rings. The van der Waals surface area contributed by atoms with Gasteiger partial charge in [0.1, 0.15) is 11.6 Å². The van der Waals surface area contributed by atoms with Crippen molar-refractivity contribution in [1.82, 2.24) is 4.98 Å². The van der Waals surface area contributed by atoms with Crippen molar-refractivity contribution in [2.24, 2.45) is 5.92 Å². The van der Waals surface area contributed by atoms with Gasteiger partial charge in [0.25, 0.3) is 5.69 Å².